The van der Waals surface area contributed by atoms with Crippen molar-refractivity contribution < 1.29 is 23.3 Å². The third-order valence-electron chi connectivity index (χ3n) is 6.56. The molecular weight excluding hydrogens is 433 g/mol. The van der Waals surface area contributed by atoms with Crippen LogP contribution < -0.4 is 16.0 Å². The van der Waals surface area contributed by atoms with Crippen molar-refractivity contribution in [2.24, 2.45) is 0 Å². The number of hydrogen-bond donors (Lipinski definition) is 3. The molecule has 3 heterocycles. The quantitative estimate of drug-likeness (QED) is 0.412. The van der Waals surface area contributed by atoms with Gasteiger partial charge in [0.15, 0.2) is 6.21 Å². The number of morpholine rings is 1. The van der Waals surface area contributed by atoms with Crippen LogP contribution in [0.2, 0.25) is 0 Å². The summed E-state index contributed by atoms with van der Waals surface area (Å²) in [4.78, 5) is 7.02. The van der Waals surface area contributed by atoms with Crippen LogP contribution in [0.1, 0.15) is 42.1 Å². The first kappa shape index (κ1) is 21.7. The van der Waals surface area contributed by atoms with Crippen LogP contribution in [0.3, 0.4) is 0 Å². The second-order valence-corrected chi connectivity index (χ2v) is 8.70. The highest BCUT2D eigenvalue weighted by molar-refractivity contribution is 6.09. The largest absolute Gasteiger partial charge is 0.433 e. The van der Waals surface area contributed by atoms with Crippen LogP contribution >= 0.6 is 0 Å². The number of nitrogen functional groups attached to an aromatic ring is 1. The molecule has 0 bridgehead atoms. The highest BCUT2D eigenvalue weighted by Gasteiger charge is 2.38. The van der Waals surface area contributed by atoms with Gasteiger partial charge in [-0.05, 0) is 49.8 Å². The number of halogens is 3. The number of benzene rings is 1. The molecule has 0 saturated carbocycles. The maximum atomic E-state index is 13.7. The Hall–Kier alpha value is -3.14. The average molecular weight is 459 g/mol. The van der Waals surface area contributed by atoms with Gasteiger partial charge in [0.25, 0.3) is 0 Å². The van der Waals surface area contributed by atoms with Gasteiger partial charge in [0, 0.05) is 24.2 Å². The summed E-state index contributed by atoms with van der Waals surface area (Å²) in [7, 11) is 0. The van der Waals surface area contributed by atoms with Crippen LogP contribution in [0.15, 0.2) is 12.3 Å². The number of anilines is 2. The van der Waals surface area contributed by atoms with E-state index in [9.17, 15) is 13.2 Å². The molecule has 1 fully saturated rings. The van der Waals surface area contributed by atoms with Gasteiger partial charge in [0.1, 0.15) is 5.69 Å². The van der Waals surface area contributed by atoms with E-state index in [-0.39, 0.29) is 11.7 Å². The molecule has 0 unspecified atom stereocenters. The fraction of sp³-hybridized carbons (Fsp3) is 0.435. The van der Waals surface area contributed by atoms with E-state index in [4.69, 9.17) is 20.9 Å². The minimum atomic E-state index is -4.57. The summed E-state index contributed by atoms with van der Waals surface area (Å²) < 4.78 is 46.9. The molecule has 0 amide bonds. The van der Waals surface area contributed by atoms with E-state index >= 15 is 0 Å². The van der Waals surface area contributed by atoms with E-state index in [1.54, 1.807) is 0 Å². The number of ether oxygens (including phenoxy) is 1. The van der Waals surface area contributed by atoms with Crippen molar-refractivity contribution in [3.8, 4) is 11.3 Å². The number of aryl methyl sites for hydroxylation is 1. The zero-order chi connectivity index (χ0) is 23.3. The van der Waals surface area contributed by atoms with Crippen molar-refractivity contribution >= 4 is 28.5 Å². The summed E-state index contributed by atoms with van der Waals surface area (Å²) in [5, 5.41) is 12.7. The first-order valence-corrected chi connectivity index (χ1v) is 11.1. The molecule has 5 N–H and O–H groups in total. The third kappa shape index (κ3) is 3.62. The summed E-state index contributed by atoms with van der Waals surface area (Å²) >= 11 is 0. The number of rotatable bonds is 3. The molecule has 1 aliphatic carbocycles. The normalized spacial score (nSPS) is 19.0. The maximum Gasteiger partial charge on any atom is 0.433 e. The molecule has 33 heavy (non-hydrogen) atoms. The Bertz CT molecular complexity index is 1240. The van der Waals surface area contributed by atoms with Crippen molar-refractivity contribution in [1.82, 2.24) is 15.2 Å². The van der Waals surface area contributed by atoms with E-state index in [0.717, 1.165) is 41.5 Å². The number of hydrogen-bond acceptors (Lipinski definition) is 5. The minimum absolute atomic E-state index is 0.0126. The molecule has 5 rings (SSSR count). The van der Waals surface area contributed by atoms with Crippen molar-refractivity contribution in [3.05, 3.63) is 34.6 Å². The van der Waals surface area contributed by atoms with Gasteiger partial charge >= 0.3 is 6.18 Å². The second kappa shape index (κ2) is 8.02. The number of nitrogens with two attached hydrogens (primary N) is 2. The summed E-state index contributed by atoms with van der Waals surface area (Å²) in [6.07, 6.45) is 1.31. The van der Waals surface area contributed by atoms with Crippen molar-refractivity contribution in [1.29, 1.82) is 0 Å². The average Bonchev–Trinajstić information content (AvgIpc) is 3.28. The van der Waals surface area contributed by atoms with E-state index in [1.807, 2.05) is 13.0 Å². The predicted molar refractivity (Wildman–Crippen MR) is 120 cm³/mol. The summed E-state index contributed by atoms with van der Waals surface area (Å²) in [5.74, 6) is 0. The number of alkyl halides is 3. The van der Waals surface area contributed by atoms with Gasteiger partial charge in [-0.15, -0.1) is 0 Å². The molecule has 1 aliphatic heterocycles. The van der Waals surface area contributed by atoms with Crippen molar-refractivity contribution in [3.63, 3.8) is 0 Å². The Labute approximate surface area is 188 Å². The topological polar surface area (TPSA) is 106 Å². The van der Waals surface area contributed by atoms with Crippen LogP contribution in [-0.2, 0) is 23.8 Å². The zero-order valence-electron chi connectivity index (χ0n) is 18.3. The molecule has 7 nitrogen and oxygen atoms in total. The molecule has 1 aromatic carbocycles. The summed E-state index contributed by atoms with van der Waals surface area (Å²) in [6.45, 7) is 3.80. The van der Waals surface area contributed by atoms with Crippen LogP contribution in [0.25, 0.3) is 22.2 Å². The lowest BCUT2D eigenvalue weighted by Gasteiger charge is -2.34. The van der Waals surface area contributed by atoms with Crippen LogP contribution in [-0.4, -0.2) is 47.2 Å². The van der Waals surface area contributed by atoms with Gasteiger partial charge in [-0.1, -0.05) is 0 Å². The summed E-state index contributed by atoms with van der Waals surface area (Å²) in [5.41, 5.74) is 10.2. The third-order valence-corrected chi connectivity index (χ3v) is 6.56. The maximum absolute atomic E-state index is 13.7. The van der Waals surface area contributed by atoms with Gasteiger partial charge in [-0.25, -0.2) is 4.98 Å². The van der Waals surface area contributed by atoms with E-state index in [0.29, 0.717) is 48.6 Å². The van der Waals surface area contributed by atoms with Crippen LogP contribution in [0.4, 0.5) is 24.5 Å². The molecule has 0 radical (unpaired) electrons. The summed E-state index contributed by atoms with van der Waals surface area (Å²) in [6, 6.07) is 1.82. The SMILES string of the molecule is C[C@@H]1CN(c2cc(N)c(C=[NH2+])c3c4c(c(-c5cn[nH]c5C(F)(F)F)nc23)CCCC4)CCO1. The van der Waals surface area contributed by atoms with Crippen molar-refractivity contribution in [2.75, 3.05) is 30.3 Å². The molecule has 1 saturated heterocycles. The fourth-order valence-electron chi connectivity index (χ4n) is 5.10. The number of pyridine rings is 1. The van der Waals surface area contributed by atoms with Gasteiger partial charge in [0.2, 0.25) is 0 Å². The lowest BCUT2D eigenvalue weighted by atomic mass is 9.84. The smallest absolute Gasteiger partial charge is 0.398 e. The lowest BCUT2D eigenvalue weighted by Crippen LogP contribution is -2.41. The Morgan fingerprint density at radius 1 is 1.27 bits per heavy atom. The first-order chi connectivity index (χ1) is 15.8. The predicted octanol–water partition coefficient (Wildman–Crippen LogP) is 2.51. The Balaban J connectivity index is 1.85. The minimum Gasteiger partial charge on any atom is -0.398 e. The molecular formula is C23H26F3N6O+. The van der Waals surface area contributed by atoms with E-state index < -0.39 is 11.9 Å². The number of nitrogens with one attached hydrogen (secondary N) is 1. The molecule has 10 heteroatoms. The van der Waals surface area contributed by atoms with Gasteiger partial charge < -0.3 is 15.4 Å². The van der Waals surface area contributed by atoms with E-state index in [2.05, 4.69) is 15.1 Å². The van der Waals surface area contributed by atoms with Gasteiger partial charge in [-0.2, -0.15) is 18.3 Å². The Kier molecular flexibility index (Phi) is 5.27. The molecule has 3 aromatic rings. The van der Waals surface area contributed by atoms with Gasteiger partial charge in [-0.3, -0.25) is 10.5 Å². The number of aromatic amines is 1. The molecule has 0 spiro atoms. The molecule has 174 valence electrons. The standard InChI is InChI=1S/C23H25F3N6O/c1-12-11-32(6-7-33-12)18-8-17(28)15(9-27)19-13-4-2-3-5-14(13)20(30-21(18)19)16-10-29-31-22(16)23(24,25)26/h8-10,12,27H,2-7,11,28H2,1H3,(H,29,31)/p+1/t12-/m1/s1. The Morgan fingerprint density at radius 3 is 2.73 bits per heavy atom. The first-order valence-electron chi connectivity index (χ1n) is 11.1. The number of nitrogens with zero attached hydrogens (tertiary/aromatic N) is 3. The molecule has 2 aliphatic rings. The van der Waals surface area contributed by atoms with Crippen molar-refractivity contribution in [2.45, 2.75) is 44.9 Å². The van der Waals surface area contributed by atoms with Crippen LogP contribution in [0.5, 0.6) is 0 Å². The number of fused-ring (bicyclic) bond motifs is 3. The second-order valence-electron chi connectivity index (χ2n) is 8.70. The highest BCUT2D eigenvalue weighted by atomic mass is 19.4. The lowest BCUT2D eigenvalue weighted by molar-refractivity contribution is -0.140. The number of aromatic nitrogens is 3. The Morgan fingerprint density at radius 2 is 2.03 bits per heavy atom. The molecule has 2 aromatic heterocycles. The van der Waals surface area contributed by atoms with E-state index in [1.165, 1.54) is 12.4 Å². The van der Waals surface area contributed by atoms with Gasteiger partial charge in [0.05, 0.1) is 46.9 Å². The van der Waals surface area contributed by atoms with Crippen LogP contribution in [0, 0.1) is 0 Å². The highest BCUT2D eigenvalue weighted by Crippen LogP contribution is 2.43. The molecule has 1 atom stereocenters. The number of H-pyrrole nitrogens is 1. The monoisotopic (exact) mass is 459 g/mol. The fourth-order valence-corrected chi connectivity index (χ4v) is 5.10. The zero-order valence-corrected chi connectivity index (χ0v) is 18.3.